The zero-order chi connectivity index (χ0) is 31.9. The van der Waals surface area contributed by atoms with Crippen LogP contribution in [0.3, 0.4) is 0 Å². The van der Waals surface area contributed by atoms with Crippen LogP contribution in [0, 0.1) is 0 Å². The first kappa shape index (κ1) is 30.6. The Labute approximate surface area is 267 Å². The molecule has 1 saturated heterocycles. The van der Waals surface area contributed by atoms with Gasteiger partial charge < -0.3 is 19.8 Å². The van der Waals surface area contributed by atoms with Gasteiger partial charge in [-0.05, 0) is 71.7 Å². The van der Waals surface area contributed by atoms with Crippen molar-refractivity contribution in [1.82, 2.24) is 14.5 Å². The number of aromatic nitrogens is 2. The van der Waals surface area contributed by atoms with E-state index in [0.29, 0.717) is 11.1 Å². The van der Waals surface area contributed by atoms with Gasteiger partial charge in [-0.25, -0.2) is 0 Å². The summed E-state index contributed by atoms with van der Waals surface area (Å²) in [4.78, 5) is 46.4. The largest absolute Gasteiger partial charge is 0.369 e. The van der Waals surface area contributed by atoms with Crippen LogP contribution in [-0.4, -0.2) is 53.1 Å². The third-order valence-corrected chi connectivity index (χ3v) is 8.39. The Morgan fingerprint density at radius 2 is 1.39 bits per heavy atom. The number of piperazine rings is 1. The molecule has 0 radical (unpaired) electrons. The van der Waals surface area contributed by atoms with E-state index in [1.54, 1.807) is 43.5 Å². The molecule has 0 spiro atoms. The molecule has 6 rings (SSSR count). The molecule has 1 aliphatic rings. The first-order valence-electron chi connectivity index (χ1n) is 15.5. The van der Waals surface area contributed by atoms with Crippen molar-refractivity contribution in [3.05, 3.63) is 163 Å². The van der Waals surface area contributed by atoms with Crippen LogP contribution < -0.4 is 32.0 Å². The minimum absolute atomic E-state index is 0.171. The van der Waals surface area contributed by atoms with Crippen LogP contribution >= 0.6 is 0 Å². The van der Waals surface area contributed by atoms with E-state index < -0.39 is 0 Å². The lowest BCUT2D eigenvalue weighted by molar-refractivity contribution is 0.102. The van der Waals surface area contributed by atoms with Crippen LogP contribution in [0.5, 0.6) is 0 Å². The molecule has 46 heavy (non-hydrogen) atoms. The summed E-state index contributed by atoms with van der Waals surface area (Å²) >= 11 is 0. The number of nitrogens with zero attached hydrogens (tertiary/aromatic N) is 3. The number of carbonyl (C=O) groups excluding carboxylic acids is 1. The van der Waals surface area contributed by atoms with Crippen molar-refractivity contribution in [1.29, 1.82) is 0 Å². The summed E-state index contributed by atoms with van der Waals surface area (Å²) in [7, 11) is 1.58. The molecule has 2 heterocycles. The smallest absolute Gasteiger partial charge is 0.274 e. The van der Waals surface area contributed by atoms with Crippen molar-refractivity contribution in [2.75, 3.05) is 42.9 Å². The highest BCUT2D eigenvalue weighted by atomic mass is 16.2. The van der Waals surface area contributed by atoms with Crippen LogP contribution in [-0.2, 0) is 13.5 Å². The summed E-state index contributed by atoms with van der Waals surface area (Å²) in [6.45, 7) is 5.18. The summed E-state index contributed by atoms with van der Waals surface area (Å²) in [6, 6.07) is 34.9. The average Bonchev–Trinajstić information content (AvgIpc) is 3.10. The van der Waals surface area contributed by atoms with Crippen molar-refractivity contribution < 1.29 is 4.79 Å². The zero-order valence-corrected chi connectivity index (χ0v) is 25.9. The van der Waals surface area contributed by atoms with E-state index >= 15 is 0 Å². The Hall–Kier alpha value is -5.47. The Morgan fingerprint density at radius 1 is 0.761 bits per heavy atom. The van der Waals surface area contributed by atoms with E-state index in [0.717, 1.165) is 50.4 Å². The molecule has 232 valence electrons. The number of rotatable bonds is 8. The maximum Gasteiger partial charge on any atom is 0.274 e. The molecular formula is C38H37N5O3. The fraction of sp³-hybridized carbons (Fsp3) is 0.184. The summed E-state index contributed by atoms with van der Waals surface area (Å²) in [5, 5.41) is 3.40. The molecule has 1 amide bonds. The number of amides is 1. The molecule has 8 heteroatoms. The predicted octanol–water partition coefficient (Wildman–Crippen LogP) is 3.35. The highest BCUT2D eigenvalue weighted by Gasteiger charge is 2.16. The predicted molar refractivity (Wildman–Crippen MR) is 185 cm³/mol. The summed E-state index contributed by atoms with van der Waals surface area (Å²) in [5.41, 5.74) is 4.58. The van der Waals surface area contributed by atoms with Crippen molar-refractivity contribution in [3.63, 3.8) is 0 Å². The van der Waals surface area contributed by atoms with Crippen LogP contribution in [0.25, 0.3) is 12.2 Å². The van der Waals surface area contributed by atoms with Crippen molar-refractivity contribution in [2.45, 2.75) is 6.42 Å². The zero-order valence-electron chi connectivity index (χ0n) is 25.9. The molecule has 5 aromatic rings. The molecular weight excluding hydrogens is 574 g/mol. The van der Waals surface area contributed by atoms with Gasteiger partial charge in [-0.15, -0.1) is 0 Å². The molecule has 0 aliphatic carbocycles. The standard InChI is InChI=1S/C38H37N5O3/c1-41-35(27-29-8-4-2-5-9-29)37(45)40-34(38(41)46)26-30-12-16-31(17-13-30)36(44)39-32-18-14-28(15-19-32)20-21-42-22-24-43(25-23-42)33-10-6-3-7-11-33/h2-19,26-27H,20-25H2,1H3,(H,39,44)(H,40,45). The Kier molecular flexibility index (Phi) is 9.36. The second-order valence-electron chi connectivity index (χ2n) is 11.5. The van der Waals surface area contributed by atoms with Gasteiger partial charge in [0, 0.05) is 56.7 Å². The van der Waals surface area contributed by atoms with Crippen molar-refractivity contribution >= 4 is 29.4 Å². The molecule has 0 bridgehead atoms. The van der Waals surface area contributed by atoms with Crippen LogP contribution in [0.2, 0.25) is 0 Å². The van der Waals surface area contributed by atoms with Crippen LogP contribution in [0.4, 0.5) is 11.4 Å². The van der Waals surface area contributed by atoms with Gasteiger partial charge >= 0.3 is 0 Å². The summed E-state index contributed by atoms with van der Waals surface area (Å²) < 4.78 is 1.35. The third kappa shape index (κ3) is 7.42. The Balaban J connectivity index is 1.04. The van der Waals surface area contributed by atoms with E-state index in [-0.39, 0.29) is 27.7 Å². The highest BCUT2D eigenvalue weighted by molar-refractivity contribution is 6.04. The minimum Gasteiger partial charge on any atom is -0.369 e. The number of nitrogens with one attached hydrogen (secondary N) is 2. The number of hydrogen-bond donors (Lipinski definition) is 2. The maximum absolute atomic E-state index is 13.0. The lowest BCUT2D eigenvalue weighted by Gasteiger charge is -2.36. The van der Waals surface area contributed by atoms with Gasteiger partial charge in [0.05, 0.1) is 0 Å². The number of aromatic amines is 1. The lowest BCUT2D eigenvalue weighted by Crippen LogP contribution is -2.52. The first-order chi connectivity index (χ1) is 22.4. The van der Waals surface area contributed by atoms with Gasteiger partial charge in [-0.2, -0.15) is 0 Å². The fourth-order valence-corrected chi connectivity index (χ4v) is 5.66. The van der Waals surface area contributed by atoms with E-state index in [1.165, 1.54) is 15.8 Å². The Morgan fingerprint density at radius 3 is 2.07 bits per heavy atom. The van der Waals surface area contributed by atoms with E-state index in [4.69, 9.17) is 0 Å². The average molecular weight is 612 g/mol. The number of H-pyrrole nitrogens is 1. The molecule has 8 nitrogen and oxygen atoms in total. The van der Waals surface area contributed by atoms with Crippen LogP contribution in [0.15, 0.2) is 119 Å². The topological polar surface area (TPSA) is 90.4 Å². The van der Waals surface area contributed by atoms with E-state index in [2.05, 4.69) is 62.6 Å². The van der Waals surface area contributed by atoms with Crippen molar-refractivity contribution in [2.24, 2.45) is 7.05 Å². The minimum atomic E-state index is -0.360. The number of carbonyl (C=O) groups is 1. The molecule has 1 fully saturated rings. The van der Waals surface area contributed by atoms with Crippen LogP contribution in [0.1, 0.15) is 27.0 Å². The lowest BCUT2D eigenvalue weighted by atomic mass is 10.1. The van der Waals surface area contributed by atoms with Gasteiger partial charge in [0.15, 0.2) is 0 Å². The normalized spacial score (nSPS) is 14.4. The van der Waals surface area contributed by atoms with Gasteiger partial charge in [-0.3, -0.25) is 19.3 Å². The first-order valence-corrected chi connectivity index (χ1v) is 15.5. The van der Waals surface area contributed by atoms with Gasteiger partial charge in [0.25, 0.3) is 17.0 Å². The molecule has 0 saturated carbocycles. The molecule has 0 unspecified atom stereocenters. The van der Waals surface area contributed by atoms with Gasteiger partial charge in [-0.1, -0.05) is 72.8 Å². The van der Waals surface area contributed by atoms with E-state index in [9.17, 15) is 14.4 Å². The second kappa shape index (κ2) is 14.1. The van der Waals surface area contributed by atoms with Crippen molar-refractivity contribution in [3.8, 4) is 0 Å². The maximum atomic E-state index is 13.0. The quantitative estimate of drug-likeness (QED) is 0.281. The monoisotopic (exact) mass is 611 g/mol. The Bertz CT molecular complexity index is 2030. The molecule has 1 aromatic heterocycles. The van der Waals surface area contributed by atoms with Gasteiger partial charge in [0.2, 0.25) is 0 Å². The number of para-hydroxylation sites is 1. The number of hydrogen-bond acceptors (Lipinski definition) is 5. The number of benzene rings is 4. The van der Waals surface area contributed by atoms with Gasteiger partial charge in [0.1, 0.15) is 10.7 Å². The van der Waals surface area contributed by atoms with E-state index in [1.807, 2.05) is 42.5 Å². The SMILES string of the molecule is Cn1c(=O)c(=Cc2ccc(C(=O)Nc3ccc(CCN4CCN(c5ccccc5)CC4)cc3)cc2)[nH]c(=O)c1=Cc1ccccc1. The summed E-state index contributed by atoms with van der Waals surface area (Å²) in [5.74, 6) is -0.222. The molecule has 0 atom stereocenters. The molecule has 2 N–H and O–H groups in total. The highest BCUT2D eigenvalue weighted by Crippen LogP contribution is 2.17. The fourth-order valence-electron chi connectivity index (χ4n) is 5.66. The molecule has 4 aromatic carbocycles. The number of anilines is 2. The second-order valence-corrected chi connectivity index (χ2v) is 11.5. The summed E-state index contributed by atoms with van der Waals surface area (Å²) in [6.07, 6.45) is 4.25. The third-order valence-electron chi connectivity index (χ3n) is 8.39. The molecule has 1 aliphatic heterocycles.